The van der Waals surface area contributed by atoms with Gasteiger partial charge in [0.1, 0.15) is 11.6 Å². The number of anilines is 4. The van der Waals surface area contributed by atoms with Gasteiger partial charge in [0.25, 0.3) is 5.91 Å². The lowest BCUT2D eigenvalue weighted by atomic mass is 10.2. The predicted molar refractivity (Wildman–Crippen MR) is 101 cm³/mol. The molecule has 0 bridgehead atoms. The molecule has 0 aliphatic carbocycles. The Balaban J connectivity index is 1.47. The Kier molecular flexibility index (Phi) is 4.59. The number of hydrogen-bond acceptors (Lipinski definition) is 7. The van der Waals surface area contributed by atoms with E-state index >= 15 is 0 Å². The number of hydrogen-bond donors (Lipinski definition) is 2. The van der Waals surface area contributed by atoms with Crippen molar-refractivity contribution >= 4 is 34.8 Å². The van der Waals surface area contributed by atoms with Gasteiger partial charge < -0.3 is 25.2 Å². The second kappa shape index (κ2) is 7.20. The quantitative estimate of drug-likeness (QED) is 0.832. The minimum absolute atomic E-state index is 0.0789. The maximum atomic E-state index is 12.5. The summed E-state index contributed by atoms with van der Waals surface area (Å²) in [6, 6.07) is 5.35. The zero-order valence-electron chi connectivity index (χ0n) is 14.9. The maximum absolute atomic E-state index is 12.5. The van der Waals surface area contributed by atoms with Crippen molar-refractivity contribution in [3.63, 3.8) is 0 Å². The van der Waals surface area contributed by atoms with Crippen LogP contribution in [0.5, 0.6) is 0 Å². The fourth-order valence-corrected chi connectivity index (χ4v) is 3.02. The molecule has 4 heterocycles. The van der Waals surface area contributed by atoms with Crippen LogP contribution in [0.15, 0.2) is 30.6 Å². The Bertz CT molecular complexity index is 864. The topological polar surface area (TPSA) is 99.7 Å². The van der Waals surface area contributed by atoms with Crippen molar-refractivity contribution in [3.8, 4) is 0 Å². The average molecular weight is 368 g/mol. The summed E-state index contributed by atoms with van der Waals surface area (Å²) in [6.07, 6.45) is 3.12. The molecule has 9 heteroatoms. The lowest BCUT2D eigenvalue weighted by Crippen LogP contribution is -2.37. The largest absolute Gasteiger partial charge is 0.378 e. The molecule has 0 spiro atoms. The van der Waals surface area contributed by atoms with E-state index in [0.29, 0.717) is 36.0 Å². The van der Waals surface area contributed by atoms with Crippen LogP contribution in [0, 0.1) is 0 Å². The molecule has 1 fully saturated rings. The molecule has 2 aliphatic heterocycles. The number of nitrogens with one attached hydrogen (secondary N) is 2. The number of aromatic nitrogens is 2. The van der Waals surface area contributed by atoms with Crippen LogP contribution in [-0.2, 0) is 9.53 Å². The molecular formula is C18H20N6O3. The highest BCUT2D eigenvalue weighted by Gasteiger charge is 2.23. The second-order valence-corrected chi connectivity index (χ2v) is 6.36. The van der Waals surface area contributed by atoms with Crippen LogP contribution in [-0.4, -0.2) is 61.7 Å². The van der Waals surface area contributed by atoms with E-state index in [0.717, 1.165) is 18.9 Å². The van der Waals surface area contributed by atoms with Crippen LogP contribution >= 0.6 is 0 Å². The molecule has 2 amide bonds. The number of carbonyl (C=O) groups is 2. The Hall–Kier alpha value is -3.20. The normalized spacial score (nSPS) is 16.6. The number of rotatable bonds is 3. The number of carbonyl (C=O) groups excluding carboxylic acids is 2. The molecule has 0 saturated carbocycles. The molecule has 2 aromatic rings. The van der Waals surface area contributed by atoms with E-state index in [-0.39, 0.29) is 18.4 Å². The summed E-state index contributed by atoms with van der Waals surface area (Å²) >= 11 is 0. The summed E-state index contributed by atoms with van der Waals surface area (Å²) in [7, 11) is 1.67. The van der Waals surface area contributed by atoms with Crippen LogP contribution in [0.2, 0.25) is 0 Å². The van der Waals surface area contributed by atoms with Crippen molar-refractivity contribution in [1.82, 2.24) is 9.97 Å². The first-order valence-electron chi connectivity index (χ1n) is 8.72. The Labute approximate surface area is 156 Å². The first-order chi connectivity index (χ1) is 13.1. The Morgan fingerprint density at radius 1 is 1.22 bits per heavy atom. The molecule has 27 heavy (non-hydrogen) atoms. The zero-order chi connectivity index (χ0) is 18.8. The third-order valence-corrected chi connectivity index (χ3v) is 4.61. The average Bonchev–Trinajstić information content (AvgIpc) is 2.72. The summed E-state index contributed by atoms with van der Waals surface area (Å²) in [4.78, 5) is 36.6. The number of likely N-dealkylation sites (N-methyl/N-ethyl adjacent to an activating group) is 1. The fraction of sp³-hybridized carbons (Fsp3) is 0.333. The van der Waals surface area contributed by atoms with Crippen LogP contribution in [0.3, 0.4) is 0 Å². The Morgan fingerprint density at radius 2 is 2.04 bits per heavy atom. The SMILES string of the molecule is CN1C(=O)CNc2ncc(C(=O)Nc3ccc(N4CCOCC4)nc3)cc21. The molecule has 2 aromatic heterocycles. The Morgan fingerprint density at radius 3 is 2.78 bits per heavy atom. The maximum Gasteiger partial charge on any atom is 0.257 e. The summed E-state index contributed by atoms with van der Waals surface area (Å²) in [6.45, 7) is 3.19. The predicted octanol–water partition coefficient (Wildman–Crippen LogP) is 0.954. The van der Waals surface area contributed by atoms with E-state index in [4.69, 9.17) is 4.74 Å². The molecular weight excluding hydrogens is 348 g/mol. The van der Waals surface area contributed by atoms with Crippen LogP contribution in [0.1, 0.15) is 10.4 Å². The smallest absolute Gasteiger partial charge is 0.257 e. The first kappa shape index (κ1) is 17.2. The van der Waals surface area contributed by atoms with Crippen LogP contribution in [0.25, 0.3) is 0 Å². The van der Waals surface area contributed by atoms with E-state index in [2.05, 4.69) is 25.5 Å². The number of ether oxygens (including phenoxy) is 1. The summed E-state index contributed by atoms with van der Waals surface area (Å²) in [5, 5.41) is 5.75. The van der Waals surface area contributed by atoms with Gasteiger partial charge in [0, 0.05) is 26.3 Å². The van der Waals surface area contributed by atoms with E-state index in [1.165, 1.54) is 11.1 Å². The van der Waals surface area contributed by atoms with Gasteiger partial charge in [-0.25, -0.2) is 9.97 Å². The number of fused-ring (bicyclic) bond motifs is 1. The van der Waals surface area contributed by atoms with Gasteiger partial charge in [0.15, 0.2) is 0 Å². The van der Waals surface area contributed by atoms with Gasteiger partial charge in [0.05, 0.1) is 42.9 Å². The molecule has 4 rings (SSSR count). The molecule has 9 nitrogen and oxygen atoms in total. The van der Waals surface area contributed by atoms with Crippen molar-refractivity contribution in [2.45, 2.75) is 0 Å². The standard InChI is InChI=1S/C18H20N6O3/c1-23-14-8-12(9-20-17(14)21-11-16(23)25)18(26)22-13-2-3-15(19-10-13)24-4-6-27-7-5-24/h2-3,8-10H,4-7,11H2,1H3,(H,20,21)(H,22,26). The van der Waals surface area contributed by atoms with Crippen molar-refractivity contribution in [3.05, 3.63) is 36.2 Å². The van der Waals surface area contributed by atoms with E-state index < -0.39 is 0 Å². The van der Waals surface area contributed by atoms with Crippen molar-refractivity contribution in [2.24, 2.45) is 0 Å². The molecule has 2 N–H and O–H groups in total. The van der Waals surface area contributed by atoms with Gasteiger partial charge in [-0.15, -0.1) is 0 Å². The van der Waals surface area contributed by atoms with E-state index in [1.807, 2.05) is 12.1 Å². The highest BCUT2D eigenvalue weighted by molar-refractivity contribution is 6.07. The van der Waals surface area contributed by atoms with Crippen molar-refractivity contribution < 1.29 is 14.3 Å². The van der Waals surface area contributed by atoms with Crippen LogP contribution in [0.4, 0.5) is 23.0 Å². The lowest BCUT2D eigenvalue weighted by Gasteiger charge is -2.27. The third kappa shape index (κ3) is 3.54. The van der Waals surface area contributed by atoms with Gasteiger partial charge in [-0.2, -0.15) is 0 Å². The minimum Gasteiger partial charge on any atom is -0.378 e. The minimum atomic E-state index is -0.308. The molecule has 0 aromatic carbocycles. The third-order valence-electron chi connectivity index (χ3n) is 4.61. The second-order valence-electron chi connectivity index (χ2n) is 6.36. The fourth-order valence-electron chi connectivity index (χ4n) is 3.02. The van der Waals surface area contributed by atoms with E-state index in [9.17, 15) is 9.59 Å². The highest BCUT2D eigenvalue weighted by atomic mass is 16.5. The highest BCUT2D eigenvalue weighted by Crippen LogP contribution is 2.27. The molecule has 0 unspecified atom stereocenters. The number of morpholine rings is 1. The molecule has 2 aliphatic rings. The van der Waals surface area contributed by atoms with Gasteiger partial charge in [0.2, 0.25) is 5.91 Å². The summed E-state index contributed by atoms with van der Waals surface area (Å²) < 4.78 is 5.34. The van der Waals surface area contributed by atoms with Gasteiger partial charge >= 0.3 is 0 Å². The number of amides is 2. The molecule has 1 saturated heterocycles. The zero-order valence-corrected chi connectivity index (χ0v) is 14.9. The molecule has 0 radical (unpaired) electrons. The molecule has 0 atom stereocenters. The van der Waals surface area contributed by atoms with Crippen LogP contribution < -0.4 is 20.4 Å². The number of pyridine rings is 2. The summed E-state index contributed by atoms with van der Waals surface area (Å²) in [5.41, 5.74) is 1.55. The van der Waals surface area contributed by atoms with Crippen molar-refractivity contribution in [1.29, 1.82) is 0 Å². The van der Waals surface area contributed by atoms with Gasteiger partial charge in [-0.05, 0) is 18.2 Å². The number of nitrogens with zero attached hydrogens (tertiary/aromatic N) is 4. The lowest BCUT2D eigenvalue weighted by molar-refractivity contribution is -0.116. The van der Waals surface area contributed by atoms with Crippen molar-refractivity contribution in [2.75, 3.05) is 60.3 Å². The first-order valence-corrected chi connectivity index (χ1v) is 8.72. The summed E-state index contributed by atoms with van der Waals surface area (Å²) in [5.74, 6) is 1.06. The monoisotopic (exact) mass is 368 g/mol. The van der Waals surface area contributed by atoms with E-state index in [1.54, 1.807) is 19.3 Å². The van der Waals surface area contributed by atoms with Gasteiger partial charge in [-0.3, -0.25) is 9.59 Å². The van der Waals surface area contributed by atoms with Gasteiger partial charge in [-0.1, -0.05) is 0 Å². The molecule has 140 valence electrons.